The van der Waals surface area contributed by atoms with Gasteiger partial charge in [0.2, 0.25) is 0 Å². The summed E-state index contributed by atoms with van der Waals surface area (Å²) in [5.41, 5.74) is 18.5. The van der Waals surface area contributed by atoms with Crippen LogP contribution < -0.4 is 20.9 Å². The van der Waals surface area contributed by atoms with Crippen molar-refractivity contribution in [2.75, 3.05) is 11.5 Å². The minimum Gasteiger partial charge on any atom is -0.457 e. The third-order valence-electron chi connectivity index (χ3n) is 9.12. The molecule has 0 aliphatic heterocycles. The lowest BCUT2D eigenvalue weighted by molar-refractivity contribution is 0.178. The largest absolute Gasteiger partial charge is 0.457 e. The topological polar surface area (TPSA) is 70.5 Å². The van der Waals surface area contributed by atoms with Crippen molar-refractivity contribution in [2.24, 2.45) is 5.92 Å². The molecule has 1 saturated carbocycles. The van der Waals surface area contributed by atoms with Crippen LogP contribution in [0.5, 0.6) is 23.0 Å². The Kier molecular flexibility index (Phi) is 7.55. The van der Waals surface area contributed by atoms with Gasteiger partial charge in [-0.15, -0.1) is 0 Å². The Bertz CT molecular complexity index is 1460. The number of benzene rings is 4. The first-order valence-corrected chi connectivity index (χ1v) is 14.3. The van der Waals surface area contributed by atoms with Crippen LogP contribution in [-0.4, -0.2) is 0 Å². The minimum absolute atomic E-state index is 0.0819. The highest BCUT2D eigenvalue weighted by molar-refractivity contribution is 5.47. The molecule has 40 heavy (non-hydrogen) atoms. The summed E-state index contributed by atoms with van der Waals surface area (Å²) in [5, 5.41) is 0. The van der Waals surface area contributed by atoms with Crippen molar-refractivity contribution < 1.29 is 9.47 Å². The van der Waals surface area contributed by atoms with Crippen molar-refractivity contribution in [1.29, 1.82) is 0 Å². The van der Waals surface area contributed by atoms with Crippen molar-refractivity contribution in [2.45, 2.75) is 71.1 Å². The SMILES string of the molecule is Cc1cc(C2(C)CCC(C(C)(C)c3ccc(Oc4ccc(N)cc4)c(C)c3)CC2)ccc1Oc1ccc(N)cc1. The molecule has 0 atom stereocenters. The Morgan fingerprint density at radius 3 is 1.62 bits per heavy atom. The summed E-state index contributed by atoms with van der Waals surface area (Å²) < 4.78 is 12.3. The molecule has 0 unspecified atom stereocenters. The summed E-state index contributed by atoms with van der Waals surface area (Å²) >= 11 is 0. The van der Waals surface area contributed by atoms with Crippen LogP contribution >= 0.6 is 0 Å². The molecule has 1 aliphatic rings. The summed E-state index contributed by atoms with van der Waals surface area (Å²) in [7, 11) is 0. The van der Waals surface area contributed by atoms with E-state index in [0.717, 1.165) is 45.5 Å². The highest BCUT2D eigenvalue weighted by atomic mass is 16.5. The molecule has 4 aromatic carbocycles. The molecule has 0 radical (unpaired) electrons. The second-order valence-corrected chi connectivity index (χ2v) is 12.4. The first-order valence-electron chi connectivity index (χ1n) is 14.3. The van der Waals surface area contributed by atoms with Crippen molar-refractivity contribution in [1.82, 2.24) is 0 Å². The number of rotatable bonds is 7. The third kappa shape index (κ3) is 5.82. The molecule has 208 valence electrons. The van der Waals surface area contributed by atoms with Gasteiger partial charge in [0, 0.05) is 11.4 Å². The number of ether oxygens (including phenoxy) is 2. The molecule has 4 nitrogen and oxygen atoms in total. The lowest BCUT2D eigenvalue weighted by Crippen LogP contribution is -2.37. The molecule has 0 bridgehead atoms. The van der Waals surface area contributed by atoms with E-state index in [9.17, 15) is 0 Å². The molecule has 1 aliphatic carbocycles. The molecule has 4 heteroatoms. The zero-order chi connectivity index (χ0) is 28.5. The molecule has 1 fully saturated rings. The van der Waals surface area contributed by atoms with E-state index in [0.29, 0.717) is 5.92 Å². The second-order valence-electron chi connectivity index (χ2n) is 12.4. The maximum Gasteiger partial charge on any atom is 0.130 e. The van der Waals surface area contributed by atoms with Gasteiger partial charge in [-0.1, -0.05) is 45.0 Å². The normalized spacial score (nSPS) is 19.3. The average Bonchev–Trinajstić information content (AvgIpc) is 2.93. The Hall–Kier alpha value is -3.92. The number of anilines is 2. The predicted octanol–water partition coefficient (Wildman–Crippen LogP) is 9.48. The van der Waals surface area contributed by atoms with Gasteiger partial charge in [0.15, 0.2) is 0 Å². The maximum absolute atomic E-state index is 6.14. The Balaban J connectivity index is 1.25. The van der Waals surface area contributed by atoms with Crippen molar-refractivity contribution in [3.8, 4) is 23.0 Å². The van der Waals surface area contributed by atoms with E-state index in [4.69, 9.17) is 20.9 Å². The fourth-order valence-corrected chi connectivity index (χ4v) is 6.13. The average molecular weight is 535 g/mol. The first-order chi connectivity index (χ1) is 19.0. The van der Waals surface area contributed by atoms with Gasteiger partial charge in [0.25, 0.3) is 0 Å². The molecule has 0 heterocycles. The zero-order valence-electron chi connectivity index (χ0n) is 24.5. The number of aryl methyl sites for hydroxylation is 2. The van der Waals surface area contributed by atoms with E-state index in [1.807, 2.05) is 48.5 Å². The van der Waals surface area contributed by atoms with Crippen molar-refractivity contribution >= 4 is 11.4 Å². The number of hydrogen-bond donors (Lipinski definition) is 2. The van der Waals surface area contributed by atoms with Gasteiger partial charge in [0.1, 0.15) is 23.0 Å². The van der Waals surface area contributed by atoms with Gasteiger partial charge < -0.3 is 20.9 Å². The summed E-state index contributed by atoms with van der Waals surface area (Å²) in [6, 6.07) is 28.5. The predicted molar refractivity (Wildman–Crippen MR) is 167 cm³/mol. The molecule has 0 amide bonds. The van der Waals surface area contributed by atoms with Crippen LogP contribution in [0.3, 0.4) is 0 Å². The monoisotopic (exact) mass is 534 g/mol. The molecule has 0 aromatic heterocycles. The van der Waals surface area contributed by atoms with Gasteiger partial charge in [0.05, 0.1) is 0 Å². The van der Waals surface area contributed by atoms with Crippen LogP contribution in [0.25, 0.3) is 0 Å². The van der Waals surface area contributed by atoms with E-state index in [-0.39, 0.29) is 10.8 Å². The standard InChI is InChI=1S/C36H42N2O2/c1-24-22-27(6-16-33(24)39-31-12-8-29(37)9-13-31)35(3,4)26-18-20-36(5,21-19-26)28-7-17-34(25(2)23-28)40-32-14-10-30(38)11-15-32/h6-17,22-23,26H,18-21,37-38H2,1-5H3. The van der Waals surface area contributed by atoms with Gasteiger partial charge in [-0.25, -0.2) is 0 Å². The molecule has 4 aromatic rings. The lowest BCUT2D eigenvalue weighted by Gasteiger charge is -2.44. The summed E-state index contributed by atoms with van der Waals surface area (Å²) in [6.07, 6.45) is 4.76. The third-order valence-corrected chi connectivity index (χ3v) is 9.12. The van der Waals surface area contributed by atoms with Crippen LogP contribution in [0.2, 0.25) is 0 Å². The Morgan fingerprint density at radius 2 is 1.15 bits per heavy atom. The fourth-order valence-electron chi connectivity index (χ4n) is 6.13. The first kappa shape index (κ1) is 27.6. The van der Waals surface area contributed by atoms with Crippen LogP contribution in [0.15, 0.2) is 84.9 Å². The van der Waals surface area contributed by atoms with Gasteiger partial charge in [-0.3, -0.25) is 0 Å². The van der Waals surface area contributed by atoms with Crippen LogP contribution in [-0.2, 0) is 10.8 Å². The number of nitrogens with two attached hydrogens (primary N) is 2. The molecule has 4 N–H and O–H groups in total. The molecule has 5 rings (SSSR count). The van der Waals surface area contributed by atoms with Gasteiger partial charge in [-0.05, 0) is 139 Å². The van der Waals surface area contributed by atoms with Gasteiger partial charge >= 0.3 is 0 Å². The molecular formula is C36H42N2O2. The smallest absolute Gasteiger partial charge is 0.130 e. The molecule has 0 spiro atoms. The summed E-state index contributed by atoms with van der Waals surface area (Å²) in [4.78, 5) is 0. The molecular weight excluding hydrogens is 492 g/mol. The van der Waals surface area contributed by atoms with Crippen molar-refractivity contribution in [3.05, 3.63) is 107 Å². The van der Waals surface area contributed by atoms with E-state index in [2.05, 4.69) is 71.0 Å². The van der Waals surface area contributed by atoms with Gasteiger partial charge in [-0.2, -0.15) is 0 Å². The van der Waals surface area contributed by atoms with Crippen LogP contribution in [0.1, 0.15) is 68.7 Å². The zero-order valence-corrected chi connectivity index (χ0v) is 24.5. The quantitative estimate of drug-likeness (QED) is 0.232. The van der Waals surface area contributed by atoms with E-state index < -0.39 is 0 Å². The Labute approximate surface area is 239 Å². The highest BCUT2D eigenvalue weighted by Crippen LogP contribution is 2.49. The second kappa shape index (κ2) is 10.9. The minimum atomic E-state index is 0.0819. The van der Waals surface area contributed by atoms with E-state index >= 15 is 0 Å². The summed E-state index contributed by atoms with van der Waals surface area (Å²) in [6.45, 7) is 11.5. The summed E-state index contributed by atoms with van der Waals surface area (Å²) in [5.74, 6) is 4.01. The van der Waals surface area contributed by atoms with Crippen molar-refractivity contribution in [3.63, 3.8) is 0 Å². The van der Waals surface area contributed by atoms with E-state index in [1.165, 1.54) is 36.8 Å². The number of hydrogen-bond acceptors (Lipinski definition) is 4. The Morgan fingerprint density at radius 1 is 0.675 bits per heavy atom. The lowest BCUT2D eigenvalue weighted by atomic mass is 9.60. The maximum atomic E-state index is 6.14. The van der Waals surface area contributed by atoms with E-state index in [1.54, 1.807) is 0 Å². The fraction of sp³-hybridized carbons (Fsp3) is 0.333. The highest BCUT2D eigenvalue weighted by Gasteiger charge is 2.39. The van der Waals surface area contributed by atoms with Crippen LogP contribution in [0, 0.1) is 19.8 Å². The van der Waals surface area contributed by atoms with Crippen LogP contribution in [0.4, 0.5) is 11.4 Å². The molecule has 0 saturated heterocycles. The number of nitrogen functional groups attached to an aromatic ring is 2.